The highest BCUT2D eigenvalue weighted by atomic mass is 32.1. The third kappa shape index (κ3) is 3.23. The number of benzene rings is 1. The van der Waals surface area contributed by atoms with Crippen molar-refractivity contribution in [2.24, 2.45) is 0 Å². The molecule has 0 atom stereocenters. The van der Waals surface area contributed by atoms with Crippen LogP contribution in [0.1, 0.15) is 31.8 Å². The van der Waals surface area contributed by atoms with Crippen LogP contribution in [0.15, 0.2) is 36.4 Å². The largest absolute Gasteiger partial charge is 0.327 e. The Morgan fingerprint density at radius 2 is 1.67 bits per heavy atom. The highest BCUT2D eigenvalue weighted by Crippen LogP contribution is 2.22. The van der Waals surface area contributed by atoms with E-state index in [0.717, 1.165) is 11.3 Å². The number of hydrogen-bond donors (Lipinski definition) is 0. The molecule has 1 aromatic heterocycles. The summed E-state index contributed by atoms with van der Waals surface area (Å²) in [5.41, 5.74) is 1.99. The number of amides is 2. The molecule has 2 amide bonds. The molecule has 124 valence electrons. The third-order valence-corrected chi connectivity index (χ3v) is 5.19. The van der Waals surface area contributed by atoms with Gasteiger partial charge in [-0.05, 0) is 38.1 Å². The number of nitrogens with zero attached hydrogens (tertiary/aromatic N) is 2. The SMILES string of the molecule is CC(=O)c1ccc(C(=O)N2CCN(c3ccc(C)cc3)C(=O)C2)s1. The van der Waals surface area contributed by atoms with Crippen LogP contribution in [-0.4, -0.2) is 42.1 Å². The minimum atomic E-state index is -0.190. The Balaban J connectivity index is 1.70. The van der Waals surface area contributed by atoms with E-state index in [1.54, 1.807) is 21.9 Å². The van der Waals surface area contributed by atoms with E-state index in [-0.39, 0.29) is 24.1 Å². The number of carbonyl (C=O) groups excluding carboxylic acids is 3. The van der Waals surface area contributed by atoms with Gasteiger partial charge in [-0.3, -0.25) is 14.4 Å². The fourth-order valence-electron chi connectivity index (χ4n) is 2.64. The standard InChI is InChI=1S/C18H18N2O3S/c1-12-3-5-14(6-4-12)20-10-9-19(11-17(20)22)18(23)16-8-7-15(24-16)13(2)21/h3-8H,9-11H2,1-2H3. The molecule has 1 fully saturated rings. The van der Waals surface area contributed by atoms with Gasteiger partial charge in [-0.15, -0.1) is 11.3 Å². The van der Waals surface area contributed by atoms with Gasteiger partial charge in [0, 0.05) is 18.8 Å². The number of piperazine rings is 1. The number of Topliss-reactive ketones (excluding diaryl/α,β-unsaturated/α-hetero) is 1. The van der Waals surface area contributed by atoms with E-state index >= 15 is 0 Å². The van der Waals surface area contributed by atoms with Gasteiger partial charge >= 0.3 is 0 Å². The molecule has 1 aliphatic heterocycles. The van der Waals surface area contributed by atoms with Gasteiger partial charge in [0.15, 0.2) is 5.78 Å². The van der Waals surface area contributed by atoms with Crippen molar-refractivity contribution in [2.75, 3.05) is 24.5 Å². The molecule has 0 bridgehead atoms. The molecule has 1 saturated heterocycles. The molecule has 0 aliphatic carbocycles. The average Bonchev–Trinajstić information content (AvgIpc) is 3.05. The molecule has 2 heterocycles. The van der Waals surface area contributed by atoms with Crippen molar-refractivity contribution in [2.45, 2.75) is 13.8 Å². The maximum atomic E-state index is 12.5. The van der Waals surface area contributed by atoms with Crippen LogP contribution in [0.25, 0.3) is 0 Å². The minimum absolute atomic E-state index is 0.0556. The molecular formula is C18H18N2O3S. The summed E-state index contributed by atoms with van der Waals surface area (Å²) in [4.78, 5) is 40.6. The zero-order chi connectivity index (χ0) is 17.3. The number of anilines is 1. The van der Waals surface area contributed by atoms with Crippen LogP contribution in [0.2, 0.25) is 0 Å². The number of rotatable bonds is 3. The molecule has 5 nitrogen and oxygen atoms in total. The van der Waals surface area contributed by atoms with E-state index in [0.29, 0.717) is 22.8 Å². The first kappa shape index (κ1) is 16.4. The van der Waals surface area contributed by atoms with Crippen molar-refractivity contribution in [3.05, 3.63) is 51.7 Å². The van der Waals surface area contributed by atoms with Crippen molar-refractivity contribution < 1.29 is 14.4 Å². The van der Waals surface area contributed by atoms with Crippen molar-refractivity contribution in [1.29, 1.82) is 0 Å². The first-order chi connectivity index (χ1) is 11.5. The Bertz CT molecular complexity index is 795. The zero-order valence-corrected chi connectivity index (χ0v) is 14.4. The Morgan fingerprint density at radius 3 is 2.25 bits per heavy atom. The van der Waals surface area contributed by atoms with E-state index in [1.807, 2.05) is 31.2 Å². The van der Waals surface area contributed by atoms with Crippen LogP contribution in [0.3, 0.4) is 0 Å². The third-order valence-electron chi connectivity index (χ3n) is 4.02. The second-order valence-corrected chi connectivity index (χ2v) is 6.91. The van der Waals surface area contributed by atoms with Crippen LogP contribution in [0.5, 0.6) is 0 Å². The van der Waals surface area contributed by atoms with E-state index in [1.165, 1.54) is 18.3 Å². The van der Waals surface area contributed by atoms with Gasteiger partial charge in [-0.25, -0.2) is 0 Å². The van der Waals surface area contributed by atoms with Crippen LogP contribution in [0.4, 0.5) is 5.69 Å². The zero-order valence-electron chi connectivity index (χ0n) is 13.6. The predicted octanol–water partition coefficient (Wildman–Crippen LogP) is 2.75. The van der Waals surface area contributed by atoms with Crippen molar-refractivity contribution >= 4 is 34.6 Å². The van der Waals surface area contributed by atoms with E-state index < -0.39 is 0 Å². The summed E-state index contributed by atoms with van der Waals surface area (Å²) in [6.45, 7) is 4.48. The number of carbonyl (C=O) groups is 3. The number of hydrogen-bond acceptors (Lipinski definition) is 4. The first-order valence-corrected chi connectivity index (χ1v) is 8.54. The fraction of sp³-hybridized carbons (Fsp3) is 0.278. The summed E-state index contributed by atoms with van der Waals surface area (Å²) in [6, 6.07) is 11.1. The minimum Gasteiger partial charge on any atom is -0.327 e. The molecule has 24 heavy (non-hydrogen) atoms. The molecule has 3 rings (SSSR count). The van der Waals surface area contributed by atoms with Crippen LogP contribution < -0.4 is 4.90 Å². The molecule has 0 unspecified atom stereocenters. The fourth-order valence-corrected chi connectivity index (χ4v) is 3.51. The Labute approximate surface area is 144 Å². The lowest BCUT2D eigenvalue weighted by Crippen LogP contribution is -2.52. The summed E-state index contributed by atoms with van der Waals surface area (Å²) in [6.07, 6.45) is 0. The summed E-state index contributed by atoms with van der Waals surface area (Å²) in [5, 5.41) is 0. The maximum absolute atomic E-state index is 12.5. The molecule has 1 aromatic carbocycles. The smallest absolute Gasteiger partial charge is 0.264 e. The van der Waals surface area contributed by atoms with Gasteiger partial charge < -0.3 is 9.80 Å². The second kappa shape index (κ2) is 6.57. The van der Waals surface area contributed by atoms with Crippen molar-refractivity contribution in [1.82, 2.24) is 4.90 Å². The quantitative estimate of drug-likeness (QED) is 0.806. The van der Waals surface area contributed by atoms with Crippen molar-refractivity contribution in [3.63, 3.8) is 0 Å². The van der Waals surface area contributed by atoms with Crippen LogP contribution in [0, 0.1) is 6.92 Å². The lowest BCUT2D eigenvalue weighted by atomic mass is 10.2. The monoisotopic (exact) mass is 342 g/mol. The summed E-state index contributed by atoms with van der Waals surface area (Å²) < 4.78 is 0. The van der Waals surface area contributed by atoms with Gasteiger partial charge in [0.2, 0.25) is 5.91 Å². The number of aryl methyl sites for hydroxylation is 1. The normalized spacial score (nSPS) is 14.8. The Morgan fingerprint density at radius 1 is 1.00 bits per heavy atom. The Hall–Kier alpha value is -2.47. The van der Waals surface area contributed by atoms with E-state index in [9.17, 15) is 14.4 Å². The van der Waals surface area contributed by atoms with Crippen molar-refractivity contribution in [3.8, 4) is 0 Å². The first-order valence-electron chi connectivity index (χ1n) is 7.73. The molecule has 6 heteroatoms. The van der Waals surface area contributed by atoms with E-state index in [4.69, 9.17) is 0 Å². The van der Waals surface area contributed by atoms with E-state index in [2.05, 4.69) is 0 Å². The second-order valence-electron chi connectivity index (χ2n) is 5.83. The highest BCUT2D eigenvalue weighted by Gasteiger charge is 2.29. The highest BCUT2D eigenvalue weighted by molar-refractivity contribution is 7.15. The van der Waals surface area contributed by atoms with Crippen LogP contribution in [-0.2, 0) is 4.79 Å². The number of thiophene rings is 1. The lowest BCUT2D eigenvalue weighted by molar-refractivity contribution is -0.120. The average molecular weight is 342 g/mol. The predicted molar refractivity (Wildman–Crippen MR) is 93.8 cm³/mol. The van der Waals surface area contributed by atoms with Crippen LogP contribution >= 0.6 is 11.3 Å². The van der Waals surface area contributed by atoms with Gasteiger partial charge in [-0.1, -0.05) is 17.7 Å². The molecule has 0 spiro atoms. The summed E-state index contributed by atoms with van der Waals surface area (Å²) >= 11 is 1.18. The van der Waals surface area contributed by atoms with Gasteiger partial charge in [-0.2, -0.15) is 0 Å². The summed E-state index contributed by atoms with van der Waals surface area (Å²) in [5.74, 6) is -0.342. The summed E-state index contributed by atoms with van der Waals surface area (Å²) in [7, 11) is 0. The molecule has 1 aliphatic rings. The number of ketones is 1. The molecule has 2 aromatic rings. The maximum Gasteiger partial charge on any atom is 0.264 e. The van der Waals surface area contributed by atoms with Gasteiger partial charge in [0.1, 0.15) is 6.54 Å². The molecule has 0 N–H and O–H groups in total. The van der Waals surface area contributed by atoms with Gasteiger partial charge in [0.25, 0.3) is 5.91 Å². The molecular weight excluding hydrogens is 324 g/mol. The Kier molecular flexibility index (Phi) is 4.49. The lowest BCUT2D eigenvalue weighted by Gasteiger charge is -2.34. The topological polar surface area (TPSA) is 57.7 Å². The molecule has 0 saturated carbocycles. The van der Waals surface area contributed by atoms with Gasteiger partial charge in [0.05, 0.1) is 9.75 Å². The molecule has 0 radical (unpaired) electrons.